The van der Waals surface area contributed by atoms with Gasteiger partial charge in [-0.05, 0) is 116 Å². The molecular formula is C62H41NO. The number of fused-ring (bicyclic) bond motifs is 12. The lowest BCUT2D eigenvalue weighted by Gasteiger charge is -2.20. The number of hydrogen-bond donors (Lipinski definition) is 0. The predicted octanol–water partition coefficient (Wildman–Crippen LogP) is 16.5. The van der Waals surface area contributed by atoms with Gasteiger partial charge < -0.3 is 8.98 Å². The van der Waals surface area contributed by atoms with Crippen LogP contribution in [0.2, 0.25) is 0 Å². The van der Waals surface area contributed by atoms with E-state index in [1.165, 1.54) is 66.4 Å². The molecule has 2 bridgehead atoms. The number of furan rings is 1. The van der Waals surface area contributed by atoms with Crippen LogP contribution in [0.5, 0.6) is 0 Å². The minimum atomic E-state index is 0.154. The van der Waals surface area contributed by atoms with Crippen LogP contribution < -0.4 is 0 Å². The normalized spacial score (nSPS) is 16.5. The van der Waals surface area contributed by atoms with Crippen molar-refractivity contribution in [2.45, 2.75) is 11.8 Å². The molecule has 300 valence electrons. The van der Waals surface area contributed by atoms with E-state index in [2.05, 4.69) is 241 Å². The highest BCUT2D eigenvalue weighted by atomic mass is 16.3. The van der Waals surface area contributed by atoms with Crippen LogP contribution in [0.3, 0.4) is 0 Å². The fourth-order valence-electron chi connectivity index (χ4n) is 10.5. The summed E-state index contributed by atoms with van der Waals surface area (Å²) in [7, 11) is 0. The molecule has 3 aliphatic rings. The molecule has 3 aliphatic carbocycles. The molecule has 2 heteroatoms. The van der Waals surface area contributed by atoms with E-state index in [0.29, 0.717) is 0 Å². The average molecular weight is 816 g/mol. The molecule has 2 unspecified atom stereocenters. The molecule has 13 rings (SSSR count). The van der Waals surface area contributed by atoms with Crippen LogP contribution in [0.15, 0.2) is 252 Å². The second-order valence-electron chi connectivity index (χ2n) is 17.2. The van der Waals surface area contributed by atoms with E-state index >= 15 is 0 Å². The van der Waals surface area contributed by atoms with Gasteiger partial charge in [0.2, 0.25) is 0 Å². The van der Waals surface area contributed by atoms with E-state index in [0.717, 1.165) is 49.8 Å². The molecule has 2 nitrogen and oxygen atoms in total. The van der Waals surface area contributed by atoms with Crippen LogP contribution >= 0.6 is 0 Å². The van der Waals surface area contributed by atoms with Gasteiger partial charge in [0.15, 0.2) is 0 Å². The number of aromatic nitrogens is 1. The van der Waals surface area contributed by atoms with Gasteiger partial charge in [-0.2, -0.15) is 0 Å². The summed E-state index contributed by atoms with van der Waals surface area (Å²) in [5.41, 5.74) is 19.9. The number of hydrogen-bond acceptors (Lipinski definition) is 1. The second kappa shape index (κ2) is 14.7. The summed E-state index contributed by atoms with van der Waals surface area (Å²) in [6, 6.07) is 66.3. The Morgan fingerprint density at radius 1 is 0.422 bits per heavy atom. The smallest absolute Gasteiger partial charge is 0.143 e. The molecule has 2 aromatic heterocycles. The molecule has 0 amide bonds. The zero-order chi connectivity index (χ0) is 42.1. The zero-order valence-electron chi connectivity index (χ0n) is 35.0. The van der Waals surface area contributed by atoms with Crippen LogP contribution in [0, 0.1) is 0 Å². The van der Waals surface area contributed by atoms with Crippen molar-refractivity contribution in [2.75, 3.05) is 0 Å². The van der Waals surface area contributed by atoms with Gasteiger partial charge in [0.25, 0.3) is 0 Å². The number of allylic oxidation sites excluding steroid dienone is 12. The van der Waals surface area contributed by atoms with Gasteiger partial charge in [-0.1, -0.05) is 182 Å². The Morgan fingerprint density at radius 3 is 1.98 bits per heavy atom. The van der Waals surface area contributed by atoms with E-state index in [-0.39, 0.29) is 11.8 Å². The van der Waals surface area contributed by atoms with Gasteiger partial charge in [-0.25, -0.2) is 0 Å². The minimum Gasteiger partial charge on any atom is -0.455 e. The summed E-state index contributed by atoms with van der Waals surface area (Å²) < 4.78 is 9.26. The number of benzene rings is 8. The summed E-state index contributed by atoms with van der Waals surface area (Å²) in [6.45, 7) is 0. The van der Waals surface area contributed by atoms with Gasteiger partial charge in [-0.3, -0.25) is 0 Å². The Kier molecular flexibility index (Phi) is 8.39. The number of rotatable bonds is 5. The van der Waals surface area contributed by atoms with Crippen molar-refractivity contribution in [3.8, 4) is 39.1 Å². The fraction of sp³-hybridized carbons (Fsp3) is 0.0323. The predicted molar refractivity (Wildman–Crippen MR) is 268 cm³/mol. The van der Waals surface area contributed by atoms with Crippen LogP contribution in [0.1, 0.15) is 28.5 Å². The van der Waals surface area contributed by atoms with Crippen LogP contribution in [0.4, 0.5) is 0 Å². The molecule has 0 fully saturated rings. The SMILES string of the molecule is C1=CC=C2C3=CC(C=C(c4cccc(-n5c6ccccc6c6cc(-c7cc(-c8ccccc8)cc8c7oc7ccc(-c9ccccc9)cc78)ccc65)c4)C=C3)c3ccccc3C2C=C1. The first-order chi connectivity index (χ1) is 31.7. The van der Waals surface area contributed by atoms with Gasteiger partial charge >= 0.3 is 0 Å². The van der Waals surface area contributed by atoms with Crippen molar-refractivity contribution in [1.29, 1.82) is 0 Å². The lowest BCUT2D eigenvalue weighted by atomic mass is 9.84. The van der Waals surface area contributed by atoms with Crippen LogP contribution in [-0.4, -0.2) is 4.57 Å². The monoisotopic (exact) mass is 815 g/mol. The van der Waals surface area contributed by atoms with Gasteiger partial charge in [0.05, 0.1) is 11.0 Å². The molecule has 64 heavy (non-hydrogen) atoms. The Morgan fingerprint density at radius 2 is 1.11 bits per heavy atom. The second-order valence-corrected chi connectivity index (χ2v) is 17.2. The van der Waals surface area contributed by atoms with Gasteiger partial charge in [-0.15, -0.1) is 0 Å². The lowest BCUT2D eigenvalue weighted by Crippen LogP contribution is -2.03. The van der Waals surface area contributed by atoms with E-state index < -0.39 is 0 Å². The molecule has 0 spiro atoms. The highest BCUT2D eigenvalue weighted by Crippen LogP contribution is 2.46. The maximum absolute atomic E-state index is 6.83. The third-order valence-electron chi connectivity index (χ3n) is 13.5. The molecule has 0 radical (unpaired) electrons. The van der Waals surface area contributed by atoms with Crippen molar-refractivity contribution in [1.82, 2.24) is 4.57 Å². The van der Waals surface area contributed by atoms with Crippen LogP contribution in [-0.2, 0) is 0 Å². The summed E-state index contributed by atoms with van der Waals surface area (Å²) >= 11 is 0. The van der Waals surface area contributed by atoms with E-state index in [1.54, 1.807) is 0 Å². The van der Waals surface area contributed by atoms with Crippen molar-refractivity contribution < 1.29 is 4.42 Å². The van der Waals surface area contributed by atoms with Crippen molar-refractivity contribution >= 4 is 49.3 Å². The molecule has 0 saturated heterocycles. The van der Waals surface area contributed by atoms with E-state index in [4.69, 9.17) is 4.42 Å². The van der Waals surface area contributed by atoms with Crippen LogP contribution in [0.25, 0.3) is 88.4 Å². The standard InChI is InChI=1S/C62H41NO/c1-4-15-40(16-5-1)44-30-32-61-57(36-44)58-39-47(41-17-6-2-7-18-41)38-55(62(58)64-61)46-29-31-60-56(37-46)54-25-12-13-26-59(54)63(60)49-20-14-19-42(35-49)43-27-28-45-34-48(33-43)51-22-10-11-24-53(51)52-23-9-3-8-21-50(45)52/h1-39,48,52H. The number of nitrogens with zero attached hydrogens (tertiary/aromatic N) is 1. The molecule has 0 saturated carbocycles. The largest absolute Gasteiger partial charge is 0.455 e. The van der Waals surface area contributed by atoms with E-state index in [9.17, 15) is 0 Å². The molecule has 2 heterocycles. The summed E-state index contributed by atoms with van der Waals surface area (Å²) in [5, 5.41) is 4.65. The average Bonchev–Trinajstić information content (AvgIpc) is 3.58. The van der Waals surface area contributed by atoms with Gasteiger partial charge in [0, 0.05) is 44.6 Å². The summed E-state index contributed by atoms with van der Waals surface area (Å²) in [4.78, 5) is 0. The first-order valence-electron chi connectivity index (χ1n) is 22.2. The zero-order valence-corrected chi connectivity index (χ0v) is 35.0. The van der Waals surface area contributed by atoms with Crippen molar-refractivity contribution in [3.05, 3.63) is 265 Å². The fourth-order valence-corrected chi connectivity index (χ4v) is 10.5. The Labute approximate surface area is 372 Å². The Balaban J connectivity index is 0.952. The molecule has 2 atom stereocenters. The molecular weight excluding hydrogens is 775 g/mol. The maximum Gasteiger partial charge on any atom is 0.143 e. The third kappa shape index (κ3) is 5.95. The summed E-state index contributed by atoms with van der Waals surface area (Å²) in [6.07, 6.45) is 20.7. The number of para-hydroxylation sites is 1. The van der Waals surface area contributed by atoms with Gasteiger partial charge in [0.1, 0.15) is 11.2 Å². The molecule has 10 aromatic rings. The first kappa shape index (κ1) is 36.5. The van der Waals surface area contributed by atoms with Crippen molar-refractivity contribution in [3.63, 3.8) is 0 Å². The first-order valence-corrected chi connectivity index (χ1v) is 22.2. The molecule has 0 aliphatic heterocycles. The van der Waals surface area contributed by atoms with Crippen molar-refractivity contribution in [2.24, 2.45) is 0 Å². The lowest BCUT2D eigenvalue weighted by molar-refractivity contribution is 0.670. The third-order valence-corrected chi connectivity index (χ3v) is 13.5. The minimum absolute atomic E-state index is 0.154. The molecule has 8 aromatic carbocycles. The Bertz CT molecular complexity index is 3710. The Hall–Kier alpha value is -8.20. The molecule has 0 N–H and O–H groups in total. The highest BCUT2D eigenvalue weighted by molar-refractivity contribution is 6.15. The quantitative estimate of drug-likeness (QED) is 0.169. The highest BCUT2D eigenvalue weighted by Gasteiger charge is 2.28. The topological polar surface area (TPSA) is 18.1 Å². The van der Waals surface area contributed by atoms with E-state index in [1.807, 2.05) is 0 Å². The maximum atomic E-state index is 6.83. The summed E-state index contributed by atoms with van der Waals surface area (Å²) in [5.74, 6) is 0.383.